The van der Waals surface area contributed by atoms with Crippen molar-refractivity contribution in [3.63, 3.8) is 0 Å². The molecule has 3 nitrogen and oxygen atoms in total. The molecule has 1 saturated heterocycles. The number of carbonyl (C=O) groups is 1. The number of benzene rings is 1. The molecule has 2 N–H and O–H groups in total. The zero-order valence-corrected chi connectivity index (χ0v) is 14.2. The molecule has 0 bridgehead atoms. The van der Waals surface area contributed by atoms with E-state index in [0.29, 0.717) is 5.92 Å². The maximum Gasteiger partial charge on any atom is 0.227 e. The Bertz CT molecular complexity index is 520. The van der Waals surface area contributed by atoms with Crippen LogP contribution in [0.5, 0.6) is 0 Å². The molecule has 1 aliphatic carbocycles. The van der Waals surface area contributed by atoms with Crippen LogP contribution in [0, 0.1) is 18.3 Å². The summed E-state index contributed by atoms with van der Waals surface area (Å²) in [5.41, 5.74) is 2.52. The first-order chi connectivity index (χ1) is 10.2. The minimum atomic E-state index is -0.121. The van der Waals surface area contributed by atoms with Crippen LogP contribution in [0.4, 0.5) is 0 Å². The molecule has 1 amide bonds. The Morgan fingerprint density at radius 3 is 3.00 bits per heavy atom. The van der Waals surface area contributed by atoms with Gasteiger partial charge in [0, 0.05) is 13.1 Å². The first kappa shape index (κ1) is 17.3. The van der Waals surface area contributed by atoms with Crippen molar-refractivity contribution >= 4 is 18.3 Å². The molecule has 3 rings (SSSR count). The first-order valence-corrected chi connectivity index (χ1v) is 8.26. The summed E-state index contributed by atoms with van der Waals surface area (Å²) in [5.74, 6) is 0.829. The molecule has 0 aromatic heterocycles. The maximum atomic E-state index is 12.7. The van der Waals surface area contributed by atoms with Crippen molar-refractivity contribution in [2.24, 2.45) is 11.3 Å². The lowest BCUT2D eigenvalue weighted by Gasteiger charge is -2.37. The van der Waals surface area contributed by atoms with Crippen LogP contribution in [-0.4, -0.2) is 25.5 Å². The summed E-state index contributed by atoms with van der Waals surface area (Å²) in [6.07, 6.45) is 5.67. The number of rotatable bonds is 4. The van der Waals surface area contributed by atoms with Gasteiger partial charge in [-0.1, -0.05) is 37.1 Å². The van der Waals surface area contributed by atoms with Gasteiger partial charge in [0.25, 0.3) is 0 Å². The highest BCUT2D eigenvalue weighted by atomic mass is 35.5. The number of hydrogen-bond acceptors (Lipinski definition) is 2. The van der Waals surface area contributed by atoms with E-state index < -0.39 is 0 Å². The van der Waals surface area contributed by atoms with Gasteiger partial charge in [0.15, 0.2) is 0 Å². The van der Waals surface area contributed by atoms with Gasteiger partial charge in [-0.3, -0.25) is 4.79 Å². The molecule has 1 heterocycles. The number of amides is 1. The van der Waals surface area contributed by atoms with Gasteiger partial charge in [0.1, 0.15) is 0 Å². The Hall–Kier alpha value is -1.06. The second-order valence-electron chi connectivity index (χ2n) is 6.66. The average molecular weight is 323 g/mol. The van der Waals surface area contributed by atoms with Crippen molar-refractivity contribution in [3.8, 4) is 0 Å². The fourth-order valence-corrected chi connectivity index (χ4v) is 4.07. The highest BCUT2D eigenvalue weighted by Crippen LogP contribution is 2.43. The molecule has 2 fully saturated rings. The Kier molecular flexibility index (Phi) is 5.87. The van der Waals surface area contributed by atoms with Crippen LogP contribution in [0.2, 0.25) is 0 Å². The molecule has 1 aromatic carbocycles. The van der Waals surface area contributed by atoms with Crippen molar-refractivity contribution in [1.29, 1.82) is 0 Å². The highest BCUT2D eigenvalue weighted by Gasteiger charge is 2.49. The van der Waals surface area contributed by atoms with E-state index in [1.807, 2.05) is 0 Å². The maximum absolute atomic E-state index is 12.7. The smallest absolute Gasteiger partial charge is 0.227 e. The molecular formula is C18H27ClN2O. The Balaban J connectivity index is 0.00000176. The second kappa shape index (κ2) is 7.47. The predicted octanol–water partition coefficient (Wildman–Crippen LogP) is 2.86. The summed E-state index contributed by atoms with van der Waals surface area (Å²) in [6, 6.07) is 8.42. The van der Waals surface area contributed by atoms with E-state index in [1.165, 1.54) is 30.4 Å². The van der Waals surface area contributed by atoms with E-state index in [-0.39, 0.29) is 23.7 Å². The molecule has 2 atom stereocenters. The largest absolute Gasteiger partial charge is 0.355 e. The van der Waals surface area contributed by atoms with Crippen LogP contribution in [0.15, 0.2) is 24.3 Å². The van der Waals surface area contributed by atoms with Crippen molar-refractivity contribution in [2.45, 2.75) is 39.0 Å². The summed E-state index contributed by atoms with van der Waals surface area (Å²) < 4.78 is 0. The minimum absolute atomic E-state index is 0. The third-order valence-electron chi connectivity index (χ3n) is 5.43. The average Bonchev–Trinajstić information content (AvgIpc) is 2.94. The van der Waals surface area contributed by atoms with E-state index in [2.05, 4.69) is 41.8 Å². The van der Waals surface area contributed by atoms with E-state index in [9.17, 15) is 4.79 Å². The van der Waals surface area contributed by atoms with Crippen LogP contribution in [-0.2, 0) is 11.2 Å². The van der Waals surface area contributed by atoms with E-state index >= 15 is 0 Å². The molecule has 22 heavy (non-hydrogen) atoms. The van der Waals surface area contributed by atoms with Gasteiger partial charge >= 0.3 is 0 Å². The molecule has 0 radical (unpaired) electrons. The number of carbonyl (C=O) groups excluding carboxylic acids is 1. The van der Waals surface area contributed by atoms with Crippen LogP contribution < -0.4 is 10.6 Å². The van der Waals surface area contributed by atoms with Gasteiger partial charge in [-0.15, -0.1) is 12.4 Å². The normalized spacial score (nSPS) is 26.9. The summed E-state index contributed by atoms with van der Waals surface area (Å²) >= 11 is 0. The molecular weight excluding hydrogens is 296 g/mol. The SMILES string of the molecule is Cc1ccccc1CCNC(=O)[C@@]12CCCC[C@H]1CNC2.Cl. The molecule has 2 aliphatic rings. The lowest BCUT2D eigenvalue weighted by Crippen LogP contribution is -2.48. The number of halogens is 1. The van der Waals surface area contributed by atoms with Gasteiger partial charge in [0.2, 0.25) is 5.91 Å². The van der Waals surface area contributed by atoms with Crippen LogP contribution >= 0.6 is 12.4 Å². The summed E-state index contributed by atoms with van der Waals surface area (Å²) in [7, 11) is 0. The van der Waals surface area contributed by atoms with E-state index in [4.69, 9.17) is 0 Å². The Labute approximate surface area is 139 Å². The molecule has 1 aliphatic heterocycles. The summed E-state index contributed by atoms with van der Waals surface area (Å²) in [4.78, 5) is 12.7. The standard InChI is InChI=1S/C18H26N2O.ClH/c1-14-6-2-3-7-15(14)9-11-20-17(21)18-10-5-4-8-16(18)12-19-13-18;/h2-3,6-7,16,19H,4-5,8-13H2,1H3,(H,20,21);1H/t16-,18+;/m0./s1. The molecule has 1 aromatic rings. The van der Waals surface area contributed by atoms with Crippen LogP contribution in [0.25, 0.3) is 0 Å². The van der Waals surface area contributed by atoms with E-state index in [0.717, 1.165) is 32.5 Å². The zero-order chi connectivity index (χ0) is 14.7. The molecule has 4 heteroatoms. The van der Waals surface area contributed by atoms with Crippen LogP contribution in [0.1, 0.15) is 36.8 Å². The molecule has 1 saturated carbocycles. The van der Waals surface area contributed by atoms with Gasteiger partial charge in [-0.05, 0) is 49.8 Å². The highest BCUT2D eigenvalue weighted by molar-refractivity contribution is 5.85. The number of nitrogens with one attached hydrogen (secondary N) is 2. The molecule has 0 spiro atoms. The van der Waals surface area contributed by atoms with Crippen molar-refractivity contribution in [2.75, 3.05) is 19.6 Å². The zero-order valence-electron chi connectivity index (χ0n) is 13.4. The Morgan fingerprint density at radius 1 is 1.36 bits per heavy atom. The van der Waals surface area contributed by atoms with Crippen molar-refractivity contribution in [3.05, 3.63) is 35.4 Å². The third kappa shape index (κ3) is 3.31. The van der Waals surface area contributed by atoms with Gasteiger partial charge in [0.05, 0.1) is 5.41 Å². The second-order valence-corrected chi connectivity index (χ2v) is 6.66. The minimum Gasteiger partial charge on any atom is -0.355 e. The lowest BCUT2D eigenvalue weighted by atomic mass is 9.67. The van der Waals surface area contributed by atoms with E-state index in [1.54, 1.807) is 0 Å². The first-order valence-electron chi connectivity index (χ1n) is 8.26. The fraction of sp³-hybridized carbons (Fsp3) is 0.611. The number of aryl methyl sites for hydroxylation is 1. The summed E-state index contributed by atoms with van der Waals surface area (Å²) in [5, 5.41) is 6.65. The van der Waals surface area contributed by atoms with Gasteiger partial charge < -0.3 is 10.6 Å². The Morgan fingerprint density at radius 2 is 2.18 bits per heavy atom. The van der Waals surface area contributed by atoms with Gasteiger partial charge in [-0.2, -0.15) is 0 Å². The molecule has 122 valence electrons. The topological polar surface area (TPSA) is 41.1 Å². The molecule has 0 unspecified atom stereocenters. The lowest BCUT2D eigenvalue weighted by molar-refractivity contribution is -0.133. The van der Waals surface area contributed by atoms with Crippen LogP contribution in [0.3, 0.4) is 0 Å². The third-order valence-corrected chi connectivity index (χ3v) is 5.43. The quantitative estimate of drug-likeness (QED) is 0.895. The van der Waals surface area contributed by atoms with Crippen molar-refractivity contribution < 1.29 is 4.79 Å². The number of hydrogen-bond donors (Lipinski definition) is 2. The fourth-order valence-electron chi connectivity index (χ4n) is 4.07. The van der Waals surface area contributed by atoms with Crippen molar-refractivity contribution in [1.82, 2.24) is 10.6 Å². The predicted molar refractivity (Wildman–Crippen MR) is 92.4 cm³/mol. The summed E-state index contributed by atoms with van der Waals surface area (Å²) in [6.45, 7) is 4.77. The monoisotopic (exact) mass is 322 g/mol. The number of fused-ring (bicyclic) bond motifs is 1. The van der Waals surface area contributed by atoms with Gasteiger partial charge in [-0.25, -0.2) is 0 Å².